The lowest BCUT2D eigenvalue weighted by Gasteiger charge is -2.31. The molecule has 1 aliphatic rings. The van der Waals surface area contributed by atoms with Crippen LogP contribution in [0.3, 0.4) is 0 Å². The summed E-state index contributed by atoms with van der Waals surface area (Å²) in [4.78, 5) is 21.9. The Morgan fingerprint density at radius 2 is 2.06 bits per heavy atom. The van der Waals surface area contributed by atoms with Crippen LogP contribution in [0.5, 0.6) is 5.75 Å². The molecule has 34 heavy (non-hydrogen) atoms. The van der Waals surface area contributed by atoms with E-state index in [-0.39, 0.29) is 11.8 Å². The maximum atomic E-state index is 13.2. The molecular weight excluding hydrogens is 461 g/mol. The lowest BCUT2D eigenvalue weighted by atomic mass is 10.0. The number of hydrogen-bond donors (Lipinski definition) is 2. The third-order valence-electron chi connectivity index (χ3n) is 5.46. The molecule has 1 amide bonds. The van der Waals surface area contributed by atoms with Crippen LogP contribution in [-0.2, 0) is 9.53 Å². The maximum absolute atomic E-state index is 13.2. The average Bonchev–Trinajstić information content (AvgIpc) is 2.83. The summed E-state index contributed by atoms with van der Waals surface area (Å²) in [5.74, 6) is -0.172. The number of rotatable bonds is 9. The highest BCUT2D eigenvalue weighted by Crippen LogP contribution is 2.35. The molecule has 10 heteroatoms. The summed E-state index contributed by atoms with van der Waals surface area (Å²) >= 11 is 5.78. The molecule has 178 valence electrons. The summed E-state index contributed by atoms with van der Waals surface area (Å²) in [5.41, 5.74) is 8.74. The molecule has 0 aliphatic carbocycles. The zero-order valence-corrected chi connectivity index (χ0v) is 19.2. The minimum Gasteiger partial charge on any atom is -0.489 e. The van der Waals surface area contributed by atoms with Crippen molar-refractivity contribution in [1.82, 2.24) is 9.97 Å². The monoisotopic (exact) mass is 485 g/mol. The van der Waals surface area contributed by atoms with Crippen LogP contribution in [0.15, 0.2) is 54.5 Å². The summed E-state index contributed by atoms with van der Waals surface area (Å²) < 4.78 is 24.9. The van der Waals surface area contributed by atoms with E-state index in [1.165, 1.54) is 24.5 Å². The number of hydrogen-bond acceptors (Lipinski definition) is 7. The van der Waals surface area contributed by atoms with Crippen LogP contribution in [0.2, 0.25) is 5.02 Å². The summed E-state index contributed by atoms with van der Waals surface area (Å²) in [7, 11) is 0. The first-order chi connectivity index (χ1) is 16.5. The minimum absolute atomic E-state index is 0.0518. The third kappa shape index (κ3) is 6.12. The molecule has 1 saturated heterocycles. The number of nitrogens with one attached hydrogen (secondary N) is 1. The van der Waals surface area contributed by atoms with Crippen LogP contribution in [-0.4, -0.2) is 48.9 Å². The number of halogens is 2. The molecule has 4 rings (SSSR count). The largest absolute Gasteiger partial charge is 0.489 e. The predicted molar refractivity (Wildman–Crippen MR) is 130 cm³/mol. The molecule has 0 radical (unpaired) electrons. The van der Waals surface area contributed by atoms with Crippen molar-refractivity contribution in [2.24, 2.45) is 5.73 Å². The van der Waals surface area contributed by atoms with Crippen molar-refractivity contribution >= 4 is 39.8 Å². The van der Waals surface area contributed by atoms with Gasteiger partial charge < -0.3 is 25.4 Å². The first-order valence-electron chi connectivity index (χ1n) is 10.9. The molecule has 2 heterocycles. The second kappa shape index (κ2) is 11.1. The van der Waals surface area contributed by atoms with Gasteiger partial charge in [0.1, 0.15) is 31.2 Å². The van der Waals surface area contributed by atoms with Gasteiger partial charge in [-0.3, -0.25) is 4.79 Å². The zero-order valence-electron chi connectivity index (χ0n) is 18.5. The van der Waals surface area contributed by atoms with Gasteiger partial charge in [0.2, 0.25) is 5.91 Å². The van der Waals surface area contributed by atoms with Gasteiger partial charge in [-0.1, -0.05) is 17.2 Å². The molecule has 3 aromatic rings. The summed E-state index contributed by atoms with van der Waals surface area (Å²) in [6.07, 6.45) is 6.31. The zero-order chi connectivity index (χ0) is 23.9. The van der Waals surface area contributed by atoms with Gasteiger partial charge in [-0.25, -0.2) is 14.4 Å². The van der Waals surface area contributed by atoms with Gasteiger partial charge in [0.25, 0.3) is 0 Å². The van der Waals surface area contributed by atoms with Crippen molar-refractivity contribution in [3.8, 4) is 5.75 Å². The summed E-state index contributed by atoms with van der Waals surface area (Å²) in [6, 6.07) is 8.31. The summed E-state index contributed by atoms with van der Waals surface area (Å²) in [6.45, 7) is 2.39. The van der Waals surface area contributed by atoms with E-state index < -0.39 is 11.7 Å². The van der Waals surface area contributed by atoms with Gasteiger partial charge >= 0.3 is 0 Å². The molecule has 8 nitrogen and oxygen atoms in total. The Morgan fingerprint density at radius 1 is 1.24 bits per heavy atom. The molecular formula is C24H25ClFN5O3. The number of primary amides is 1. The quantitative estimate of drug-likeness (QED) is 0.269. The van der Waals surface area contributed by atoms with E-state index in [1.807, 2.05) is 12.1 Å². The number of ether oxygens (including phenoxy) is 2. The average molecular weight is 486 g/mol. The molecule has 0 atom stereocenters. The van der Waals surface area contributed by atoms with E-state index in [2.05, 4.69) is 20.2 Å². The van der Waals surface area contributed by atoms with Gasteiger partial charge in [0.05, 0.1) is 22.8 Å². The van der Waals surface area contributed by atoms with Crippen molar-refractivity contribution in [1.29, 1.82) is 0 Å². The van der Waals surface area contributed by atoms with E-state index >= 15 is 0 Å². The fourth-order valence-corrected chi connectivity index (χ4v) is 3.94. The number of amides is 1. The highest BCUT2D eigenvalue weighted by Gasteiger charge is 2.19. The second-order valence-electron chi connectivity index (χ2n) is 7.80. The van der Waals surface area contributed by atoms with Crippen LogP contribution in [0.25, 0.3) is 10.9 Å². The number of nitrogens with zero attached hydrogens (tertiary/aromatic N) is 3. The Morgan fingerprint density at radius 3 is 2.82 bits per heavy atom. The van der Waals surface area contributed by atoms with Crippen LogP contribution in [0.1, 0.15) is 12.8 Å². The van der Waals surface area contributed by atoms with E-state index in [9.17, 15) is 9.18 Å². The molecule has 1 fully saturated rings. The fraction of sp³-hybridized carbons (Fsp3) is 0.292. The Kier molecular flexibility index (Phi) is 7.76. The topological polar surface area (TPSA) is 103 Å². The van der Waals surface area contributed by atoms with Crippen LogP contribution in [0.4, 0.5) is 15.8 Å². The molecule has 0 bridgehead atoms. The van der Waals surface area contributed by atoms with Gasteiger partial charge in [0, 0.05) is 42.5 Å². The lowest BCUT2D eigenvalue weighted by Crippen LogP contribution is -2.31. The summed E-state index contributed by atoms with van der Waals surface area (Å²) in [5, 5.41) is 3.99. The van der Waals surface area contributed by atoms with Crippen molar-refractivity contribution in [2.75, 3.05) is 43.3 Å². The molecule has 0 saturated carbocycles. The molecule has 3 N–H and O–H groups in total. The highest BCUT2D eigenvalue weighted by molar-refractivity contribution is 6.31. The van der Waals surface area contributed by atoms with Gasteiger partial charge in [-0.05, 0) is 37.1 Å². The third-order valence-corrected chi connectivity index (χ3v) is 5.75. The molecule has 2 aromatic carbocycles. The minimum atomic E-state index is -0.466. The van der Waals surface area contributed by atoms with E-state index in [1.54, 1.807) is 12.3 Å². The Bertz CT molecular complexity index is 1200. The smallest absolute Gasteiger partial charge is 0.241 e. The van der Waals surface area contributed by atoms with E-state index in [0.717, 1.165) is 48.1 Å². The van der Waals surface area contributed by atoms with Crippen molar-refractivity contribution in [3.05, 3.63) is 65.3 Å². The Balaban J connectivity index is 1.36. The first kappa shape index (κ1) is 23.7. The lowest BCUT2D eigenvalue weighted by molar-refractivity contribution is -0.113. The molecule has 1 aliphatic heterocycles. The number of piperidine rings is 1. The van der Waals surface area contributed by atoms with Gasteiger partial charge in [-0.15, -0.1) is 0 Å². The highest BCUT2D eigenvalue weighted by atomic mass is 35.5. The molecule has 0 spiro atoms. The molecule has 1 aromatic heterocycles. The molecule has 0 unspecified atom stereocenters. The van der Waals surface area contributed by atoms with Crippen LogP contribution < -0.4 is 20.7 Å². The number of nitrogens with two attached hydrogens (primary N) is 1. The number of carbonyl (C=O) groups is 1. The second-order valence-corrected chi connectivity index (χ2v) is 8.21. The van der Waals surface area contributed by atoms with Crippen LogP contribution in [0, 0.1) is 5.82 Å². The predicted octanol–water partition coefficient (Wildman–Crippen LogP) is 3.90. The fourth-order valence-electron chi connectivity index (χ4n) is 3.76. The van der Waals surface area contributed by atoms with Crippen molar-refractivity contribution in [2.45, 2.75) is 12.8 Å². The standard InChI is InChI=1S/C24H25ClFN5O3/c25-19-11-18(1-2-20(19)26)30-15-33-7-8-34-23-12-21-17(13-28-14-29-21)10-22(23)31-5-3-16(4-6-31)9-24(27)32/h1-2,9-14,30H,3-8,15H2,(H2,27,32). The number of anilines is 2. The van der Waals surface area contributed by atoms with Crippen LogP contribution >= 0.6 is 11.6 Å². The van der Waals surface area contributed by atoms with E-state index in [0.29, 0.717) is 24.7 Å². The van der Waals surface area contributed by atoms with E-state index in [4.69, 9.17) is 26.8 Å². The maximum Gasteiger partial charge on any atom is 0.241 e. The number of aromatic nitrogens is 2. The number of fused-ring (bicyclic) bond motifs is 1. The first-order valence-corrected chi connectivity index (χ1v) is 11.2. The Hall–Kier alpha value is -3.43. The normalized spacial score (nSPS) is 13.7. The SMILES string of the molecule is NC(=O)C=C1CCN(c2cc3cncnc3cc2OCCOCNc2ccc(F)c(Cl)c2)CC1. The number of carbonyl (C=O) groups excluding carboxylic acids is 1. The Labute approximate surface area is 201 Å². The number of benzene rings is 2. The van der Waals surface area contributed by atoms with Gasteiger partial charge in [0.15, 0.2) is 0 Å². The van der Waals surface area contributed by atoms with Crippen molar-refractivity contribution < 1.29 is 18.7 Å². The van der Waals surface area contributed by atoms with Gasteiger partial charge in [-0.2, -0.15) is 0 Å². The van der Waals surface area contributed by atoms with Crippen molar-refractivity contribution in [3.63, 3.8) is 0 Å².